The van der Waals surface area contributed by atoms with Crippen LogP contribution in [0.5, 0.6) is 0 Å². The lowest BCUT2D eigenvalue weighted by molar-refractivity contribution is 0.627. The third-order valence-electron chi connectivity index (χ3n) is 2.53. The number of rotatable bonds is 3. The van der Waals surface area contributed by atoms with Crippen LogP contribution < -0.4 is 11.1 Å². The van der Waals surface area contributed by atoms with E-state index in [-0.39, 0.29) is 11.0 Å². The van der Waals surface area contributed by atoms with Crippen LogP contribution in [0.4, 0.5) is 10.1 Å². The average molecular weight is 357 g/mol. The van der Waals surface area contributed by atoms with Crippen molar-refractivity contribution in [1.29, 1.82) is 0 Å². The Kier molecular flexibility index (Phi) is 4.98. The van der Waals surface area contributed by atoms with Gasteiger partial charge in [0.2, 0.25) is 0 Å². The van der Waals surface area contributed by atoms with E-state index in [1.165, 1.54) is 12.1 Å². The number of halogens is 3. The molecule has 2 aromatic carbocycles. The van der Waals surface area contributed by atoms with Crippen LogP contribution in [0.3, 0.4) is 0 Å². The van der Waals surface area contributed by atoms with Crippen LogP contribution in [0.2, 0.25) is 5.02 Å². The highest BCUT2D eigenvalue weighted by atomic mass is 79.9. The molecule has 0 unspecified atom stereocenters. The van der Waals surface area contributed by atoms with Crippen molar-refractivity contribution >= 4 is 39.2 Å². The minimum atomic E-state index is -0.424. The standard InChI is InChI=1S/C14H12BrClFN3/c15-11-6-10(17)7-12(16)13(11)20-14(18)19-8-9-4-2-1-3-5-9/h1-7H,8H2,(H3,18,19,20). The van der Waals surface area contributed by atoms with Crippen molar-refractivity contribution in [1.82, 2.24) is 0 Å². The summed E-state index contributed by atoms with van der Waals surface area (Å²) in [6.45, 7) is 0.454. The number of nitrogens with zero attached hydrogens (tertiary/aromatic N) is 1. The summed E-state index contributed by atoms with van der Waals surface area (Å²) in [5.74, 6) is -0.213. The maximum absolute atomic E-state index is 13.1. The molecule has 0 saturated heterocycles. The summed E-state index contributed by atoms with van der Waals surface area (Å²) in [4.78, 5) is 4.20. The highest BCUT2D eigenvalue weighted by Gasteiger charge is 2.08. The topological polar surface area (TPSA) is 50.4 Å². The highest BCUT2D eigenvalue weighted by Crippen LogP contribution is 2.31. The Balaban J connectivity index is 2.10. The maximum atomic E-state index is 13.1. The van der Waals surface area contributed by atoms with E-state index in [9.17, 15) is 4.39 Å². The fourth-order valence-electron chi connectivity index (χ4n) is 1.59. The lowest BCUT2D eigenvalue weighted by Gasteiger charge is -2.10. The Hall–Kier alpha value is -1.59. The molecule has 0 fully saturated rings. The maximum Gasteiger partial charge on any atom is 0.193 e. The summed E-state index contributed by atoms with van der Waals surface area (Å²) in [7, 11) is 0. The Morgan fingerprint density at radius 2 is 2.00 bits per heavy atom. The van der Waals surface area contributed by atoms with Crippen LogP contribution in [-0.2, 0) is 6.54 Å². The van der Waals surface area contributed by atoms with Gasteiger partial charge in [0.25, 0.3) is 0 Å². The third-order valence-corrected chi connectivity index (χ3v) is 3.46. The molecule has 2 rings (SSSR count). The zero-order valence-electron chi connectivity index (χ0n) is 10.4. The summed E-state index contributed by atoms with van der Waals surface area (Å²) < 4.78 is 13.6. The van der Waals surface area contributed by atoms with Gasteiger partial charge >= 0.3 is 0 Å². The van der Waals surface area contributed by atoms with Gasteiger partial charge in [-0.2, -0.15) is 0 Å². The average Bonchev–Trinajstić information content (AvgIpc) is 2.42. The van der Waals surface area contributed by atoms with Gasteiger partial charge in [-0.25, -0.2) is 9.38 Å². The zero-order chi connectivity index (χ0) is 14.5. The number of nitrogens with two attached hydrogens (primary N) is 1. The molecule has 6 heteroatoms. The van der Waals surface area contributed by atoms with Crippen molar-refractivity contribution in [2.24, 2.45) is 10.7 Å². The first kappa shape index (κ1) is 14.8. The van der Waals surface area contributed by atoms with E-state index in [1.54, 1.807) is 0 Å². The lowest BCUT2D eigenvalue weighted by Crippen LogP contribution is -2.23. The van der Waals surface area contributed by atoms with Crippen LogP contribution >= 0.6 is 27.5 Å². The molecule has 2 aromatic rings. The van der Waals surface area contributed by atoms with Gasteiger partial charge in [-0.1, -0.05) is 41.9 Å². The number of anilines is 1. The summed E-state index contributed by atoms with van der Waals surface area (Å²) in [6, 6.07) is 12.2. The van der Waals surface area contributed by atoms with Crippen LogP contribution in [0.15, 0.2) is 51.9 Å². The second-order valence-corrected chi connectivity index (χ2v) is 5.32. The Bertz CT molecular complexity index is 609. The van der Waals surface area contributed by atoms with Crippen molar-refractivity contribution in [2.45, 2.75) is 6.54 Å². The molecular weight excluding hydrogens is 345 g/mol. The van der Waals surface area contributed by atoms with Crippen molar-refractivity contribution in [2.75, 3.05) is 5.32 Å². The fourth-order valence-corrected chi connectivity index (χ4v) is 2.49. The molecule has 0 heterocycles. The third kappa shape index (κ3) is 3.95. The highest BCUT2D eigenvalue weighted by molar-refractivity contribution is 9.10. The molecule has 0 amide bonds. The predicted octanol–water partition coefficient (Wildman–Crippen LogP) is 4.17. The van der Waals surface area contributed by atoms with E-state index in [2.05, 4.69) is 26.2 Å². The first-order valence-corrected chi connectivity index (χ1v) is 6.99. The van der Waals surface area contributed by atoms with E-state index in [4.69, 9.17) is 17.3 Å². The van der Waals surface area contributed by atoms with Gasteiger partial charge in [0.1, 0.15) is 5.82 Å². The van der Waals surface area contributed by atoms with Gasteiger partial charge in [0.15, 0.2) is 5.96 Å². The van der Waals surface area contributed by atoms with E-state index in [0.717, 1.165) is 5.56 Å². The quantitative estimate of drug-likeness (QED) is 0.640. The van der Waals surface area contributed by atoms with Gasteiger partial charge < -0.3 is 11.1 Å². The molecule has 0 radical (unpaired) electrons. The Morgan fingerprint density at radius 1 is 1.30 bits per heavy atom. The van der Waals surface area contributed by atoms with Crippen molar-refractivity contribution in [3.63, 3.8) is 0 Å². The van der Waals surface area contributed by atoms with Crippen LogP contribution in [0.1, 0.15) is 5.56 Å². The van der Waals surface area contributed by atoms with Crippen molar-refractivity contribution in [3.8, 4) is 0 Å². The number of benzene rings is 2. The number of hydrogen-bond acceptors (Lipinski definition) is 1. The largest absolute Gasteiger partial charge is 0.370 e. The molecule has 20 heavy (non-hydrogen) atoms. The molecule has 0 atom stereocenters. The van der Waals surface area contributed by atoms with Gasteiger partial charge in [0, 0.05) is 4.47 Å². The normalized spacial score (nSPS) is 11.4. The van der Waals surface area contributed by atoms with Crippen LogP contribution in [0.25, 0.3) is 0 Å². The number of aliphatic imine (C=N–C) groups is 1. The van der Waals surface area contributed by atoms with Crippen molar-refractivity contribution in [3.05, 3.63) is 63.3 Å². The Morgan fingerprint density at radius 3 is 2.65 bits per heavy atom. The van der Waals surface area contributed by atoms with E-state index >= 15 is 0 Å². The van der Waals surface area contributed by atoms with E-state index in [1.807, 2.05) is 30.3 Å². The monoisotopic (exact) mass is 355 g/mol. The molecule has 0 aliphatic carbocycles. The second kappa shape index (κ2) is 6.72. The molecule has 0 aliphatic heterocycles. The van der Waals surface area contributed by atoms with Crippen LogP contribution in [0, 0.1) is 5.82 Å². The minimum absolute atomic E-state index is 0.211. The number of nitrogens with one attached hydrogen (secondary N) is 1. The molecule has 0 aliphatic rings. The molecule has 3 N–H and O–H groups in total. The zero-order valence-corrected chi connectivity index (χ0v) is 12.7. The molecule has 104 valence electrons. The number of guanidine groups is 1. The fraction of sp³-hybridized carbons (Fsp3) is 0.0714. The summed E-state index contributed by atoms with van der Waals surface area (Å²) in [6.07, 6.45) is 0. The Labute approximate surface area is 129 Å². The summed E-state index contributed by atoms with van der Waals surface area (Å²) >= 11 is 9.18. The first-order valence-electron chi connectivity index (χ1n) is 5.81. The van der Waals surface area contributed by atoms with E-state index in [0.29, 0.717) is 16.7 Å². The molecule has 0 spiro atoms. The number of hydrogen-bond donors (Lipinski definition) is 2. The molecule has 0 bridgehead atoms. The van der Waals surface area contributed by atoms with E-state index < -0.39 is 5.82 Å². The molecule has 3 nitrogen and oxygen atoms in total. The van der Waals surface area contributed by atoms with Crippen molar-refractivity contribution < 1.29 is 4.39 Å². The van der Waals surface area contributed by atoms with Gasteiger partial charge in [-0.05, 0) is 33.6 Å². The second-order valence-electron chi connectivity index (χ2n) is 4.06. The lowest BCUT2D eigenvalue weighted by atomic mass is 10.2. The summed E-state index contributed by atoms with van der Waals surface area (Å²) in [5.41, 5.74) is 7.33. The molecule has 0 aromatic heterocycles. The van der Waals surface area contributed by atoms with Gasteiger partial charge in [0.05, 0.1) is 17.3 Å². The first-order chi connectivity index (χ1) is 9.56. The van der Waals surface area contributed by atoms with Crippen LogP contribution in [-0.4, -0.2) is 5.96 Å². The predicted molar refractivity (Wildman–Crippen MR) is 84.5 cm³/mol. The molecule has 0 saturated carbocycles. The molecular formula is C14H12BrClFN3. The minimum Gasteiger partial charge on any atom is -0.370 e. The van der Waals surface area contributed by atoms with Gasteiger partial charge in [-0.15, -0.1) is 0 Å². The summed E-state index contributed by atoms with van der Waals surface area (Å²) in [5, 5.41) is 3.09. The SMILES string of the molecule is NC(=NCc1ccccc1)Nc1c(Cl)cc(F)cc1Br. The van der Waals surface area contributed by atoms with Gasteiger partial charge in [-0.3, -0.25) is 0 Å². The smallest absolute Gasteiger partial charge is 0.193 e.